The molecule has 92 valence electrons. The topological polar surface area (TPSA) is 58.6 Å². The number of amides is 1. The van der Waals surface area contributed by atoms with E-state index in [1.54, 1.807) is 0 Å². The van der Waals surface area contributed by atoms with E-state index in [-0.39, 0.29) is 12.3 Å². The minimum atomic E-state index is -0.488. The fraction of sp³-hybridized carbons (Fsp3) is 0.818. The summed E-state index contributed by atoms with van der Waals surface area (Å²) in [6.07, 6.45) is 2.00. The van der Waals surface area contributed by atoms with Crippen molar-refractivity contribution in [1.82, 2.24) is 10.2 Å². The van der Waals surface area contributed by atoms with Crippen LogP contribution in [0, 0.1) is 5.92 Å². The first-order valence-electron chi connectivity index (χ1n) is 5.64. The van der Waals surface area contributed by atoms with Gasteiger partial charge in [0.05, 0.1) is 7.11 Å². The van der Waals surface area contributed by atoms with Crippen molar-refractivity contribution in [3.05, 3.63) is 0 Å². The van der Waals surface area contributed by atoms with E-state index in [0.717, 1.165) is 19.5 Å². The molecule has 16 heavy (non-hydrogen) atoms. The van der Waals surface area contributed by atoms with Gasteiger partial charge in [0.15, 0.2) is 0 Å². The summed E-state index contributed by atoms with van der Waals surface area (Å²) in [6.45, 7) is 2.89. The van der Waals surface area contributed by atoms with E-state index in [1.165, 1.54) is 13.5 Å². The Hall–Kier alpha value is -1.10. The van der Waals surface area contributed by atoms with E-state index < -0.39 is 5.97 Å². The van der Waals surface area contributed by atoms with Gasteiger partial charge in [0.1, 0.15) is 6.42 Å². The lowest BCUT2D eigenvalue weighted by molar-refractivity contribution is -0.143. The van der Waals surface area contributed by atoms with Gasteiger partial charge in [-0.05, 0) is 32.4 Å². The van der Waals surface area contributed by atoms with Gasteiger partial charge < -0.3 is 15.0 Å². The van der Waals surface area contributed by atoms with Crippen molar-refractivity contribution >= 4 is 11.9 Å². The molecule has 0 aliphatic carbocycles. The van der Waals surface area contributed by atoms with Crippen molar-refractivity contribution in [2.75, 3.05) is 33.8 Å². The van der Waals surface area contributed by atoms with E-state index in [2.05, 4.69) is 22.0 Å². The predicted molar refractivity (Wildman–Crippen MR) is 59.9 cm³/mol. The number of hydrogen-bond donors (Lipinski definition) is 1. The molecule has 0 saturated carbocycles. The van der Waals surface area contributed by atoms with Gasteiger partial charge in [-0.2, -0.15) is 0 Å². The second-order valence-electron chi connectivity index (χ2n) is 4.31. The Bertz CT molecular complexity index is 256. The molecule has 0 radical (unpaired) electrons. The zero-order valence-corrected chi connectivity index (χ0v) is 9.99. The molecular weight excluding hydrogens is 208 g/mol. The second kappa shape index (κ2) is 6.48. The summed E-state index contributed by atoms with van der Waals surface area (Å²) >= 11 is 0. The summed E-state index contributed by atoms with van der Waals surface area (Å²) in [5.41, 5.74) is 0. The molecule has 1 fully saturated rings. The van der Waals surface area contributed by atoms with E-state index in [0.29, 0.717) is 12.5 Å². The highest BCUT2D eigenvalue weighted by Crippen LogP contribution is 2.16. The van der Waals surface area contributed by atoms with Crippen LogP contribution < -0.4 is 5.32 Å². The number of likely N-dealkylation sites (tertiary alicyclic amines) is 1. The lowest BCUT2D eigenvalue weighted by atomic mass is 10.1. The number of rotatable bonds is 5. The normalized spacial score (nSPS) is 20.8. The molecule has 1 unspecified atom stereocenters. The van der Waals surface area contributed by atoms with Gasteiger partial charge in [0, 0.05) is 13.1 Å². The standard InChI is InChI=1S/C11H20N2O3/c1-13-6-4-9(8-13)3-5-12-10(14)7-11(15)16-2/h9H,3-8H2,1-2H3,(H,12,14). The first kappa shape index (κ1) is 13.0. The minimum Gasteiger partial charge on any atom is -0.469 e. The van der Waals surface area contributed by atoms with Gasteiger partial charge in [0.25, 0.3) is 0 Å². The van der Waals surface area contributed by atoms with E-state index >= 15 is 0 Å². The van der Waals surface area contributed by atoms with Crippen LogP contribution in [0.15, 0.2) is 0 Å². The molecule has 5 heteroatoms. The molecule has 1 atom stereocenters. The summed E-state index contributed by atoms with van der Waals surface area (Å²) < 4.78 is 4.41. The number of esters is 1. The number of carbonyl (C=O) groups excluding carboxylic acids is 2. The van der Waals surface area contributed by atoms with Gasteiger partial charge >= 0.3 is 5.97 Å². The molecule has 0 aromatic rings. The Balaban J connectivity index is 2.06. The van der Waals surface area contributed by atoms with Crippen LogP contribution in [0.2, 0.25) is 0 Å². The van der Waals surface area contributed by atoms with Crippen molar-refractivity contribution < 1.29 is 14.3 Å². The van der Waals surface area contributed by atoms with Crippen molar-refractivity contribution in [2.24, 2.45) is 5.92 Å². The molecule has 5 nitrogen and oxygen atoms in total. The smallest absolute Gasteiger partial charge is 0.315 e. The van der Waals surface area contributed by atoms with Crippen LogP contribution in [0.4, 0.5) is 0 Å². The van der Waals surface area contributed by atoms with Crippen LogP contribution in [-0.4, -0.2) is 50.6 Å². The highest BCUT2D eigenvalue weighted by Gasteiger charge is 2.19. The minimum absolute atomic E-state index is 0.179. The maximum absolute atomic E-state index is 11.2. The van der Waals surface area contributed by atoms with Crippen LogP contribution in [0.3, 0.4) is 0 Å². The summed E-state index contributed by atoms with van der Waals surface area (Å²) in [7, 11) is 3.39. The van der Waals surface area contributed by atoms with E-state index in [1.807, 2.05) is 0 Å². The lowest BCUT2D eigenvalue weighted by Gasteiger charge is -2.10. The highest BCUT2D eigenvalue weighted by atomic mass is 16.5. The Morgan fingerprint density at radius 2 is 2.25 bits per heavy atom. The summed E-state index contributed by atoms with van der Waals surface area (Å²) in [4.78, 5) is 24.3. The van der Waals surface area contributed by atoms with Crippen LogP contribution in [0.5, 0.6) is 0 Å². The Labute approximate surface area is 96.1 Å². The van der Waals surface area contributed by atoms with Crippen molar-refractivity contribution in [2.45, 2.75) is 19.3 Å². The second-order valence-corrected chi connectivity index (χ2v) is 4.31. The maximum atomic E-state index is 11.2. The van der Waals surface area contributed by atoms with Gasteiger partial charge in [-0.25, -0.2) is 0 Å². The third kappa shape index (κ3) is 4.61. The molecule has 1 N–H and O–H groups in total. The largest absolute Gasteiger partial charge is 0.469 e. The molecule has 0 spiro atoms. The third-order valence-corrected chi connectivity index (χ3v) is 2.90. The molecule has 1 amide bonds. The van der Waals surface area contributed by atoms with Crippen molar-refractivity contribution in [3.8, 4) is 0 Å². The molecular formula is C11H20N2O3. The predicted octanol–water partition coefficient (Wildman–Crippen LogP) is 0.00750. The molecule has 1 aliphatic rings. The fourth-order valence-corrected chi connectivity index (χ4v) is 1.94. The highest BCUT2D eigenvalue weighted by molar-refractivity contribution is 5.94. The van der Waals surface area contributed by atoms with E-state index in [4.69, 9.17) is 0 Å². The van der Waals surface area contributed by atoms with Gasteiger partial charge in [-0.15, -0.1) is 0 Å². The number of nitrogens with zero attached hydrogens (tertiary/aromatic N) is 1. The monoisotopic (exact) mass is 228 g/mol. The summed E-state index contributed by atoms with van der Waals surface area (Å²) in [5, 5.41) is 2.73. The zero-order valence-electron chi connectivity index (χ0n) is 9.99. The molecule has 1 saturated heterocycles. The van der Waals surface area contributed by atoms with Crippen LogP contribution >= 0.6 is 0 Å². The van der Waals surface area contributed by atoms with E-state index in [9.17, 15) is 9.59 Å². The Morgan fingerprint density at radius 1 is 1.50 bits per heavy atom. The van der Waals surface area contributed by atoms with Crippen LogP contribution in [-0.2, 0) is 14.3 Å². The number of methoxy groups -OCH3 is 1. The van der Waals surface area contributed by atoms with Crippen LogP contribution in [0.25, 0.3) is 0 Å². The molecule has 0 aromatic heterocycles. The molecule has 0 aromatic carbocycles. The maximum Gasteiger partial charge on any atom is 0.315 e. The quantitative estimate of drug-likeness (QED) is 0.532. The molecule has 1 aliphatic heterocycles. The summed E-state index contributed by atoms with van der Waals surface area (Å²) in [6, 6.07) is 0. The van der Waals surface area contributed by atoms with Crippen molar-refractivity contribution in [3.63, 3.8) is 0 Å². The molecule has 1 rings (SSSR count). The fourth-order valence-electron chi connectivity index (χ4n) is 1.94. The van der Waals surface area contributed by atoms with Crippen LogP contribution in [0.1, 0.15) is 19.3 Å². The summed E-state index contributed by atoms with van der Waals surface area (Å²) in [5.74, 6) is -0.0697. The Kier molecular flexibility index (Phi) is 5.25. The molecule has 1 heterocycles. The average Bonchev–Trinajstić information content (AvgIpc) is 2.64. The first-order chi connectivity index (χ1) is 7.61. The lowest BCUT2D eigenvalue weighted by Crippen LogP contribution is -2.28. The van der Waals surface area contributed by atoms with Gasteiger partial charge in [-0.3, -0.25) is 9.59 Å². The number of carbonyl (C=O) groups is 2. The van der Waals surface area contributed by atoms with Crippen molar-refractivity contribution in [1.29, 1.82) is 0 Å². The Morgan fingerprint density at radius 3 is 2.81 bits per heavy atom. The number of nitrogens with one attached hydrogen (secondary N) is 1. The SMILES string of the molecule is COC(=O)CC(=O)NCCC1CCN(C)C1. The zero-order chi connectivity index (χ0) is 12.0. The average molecular weight is 228 g/mol. The first-order valence-corrected chi connectivity index (χ1v) is 5.64. The van der Waals surface area contributed by atoms with Gasteiger partial charge in [-0.1, -0.05) is 0 Å². The number of ether oxygens (including phenoxy) is 1. The number of hydrogen-bond acceptors (Lipinski definition) is 4. The van der Waals surface area contributed by atoms with Gasteiger partial charge in [0.2, 0.25) is 5.91 Å². The molecule has 0 bridgehead atoms. The third-order valence-electron chi connectivity index (χ3n) is 2.90.